The van der Waals surface area contributed by atoms with Crippen molar-refractivity contribution in [1.82, 2.24) is 4.98 Å². The largest absolute Gasteiger partial charge is 0.484 e. The van der Waals surface area contributed by atoms with Crippen LogP contribution in [0.5, 0.6) is 5.75 Å². The predicted octanol–water partition coefficient (Wildman–Crippen LogP) is 4.17. The smallest absolute Gasteiger partial charge is 0.262 e. The molecular formula is C13H9BrCl2N2O2. The number of carbonyl (C=O) groups excluding carboxylic acids is 1. The third-order valence-corrected chi connectivity index (χ3v) is 3.62. The molecule has 0 saturated heterocycles. The highest BCUT2D eigenvalue weighted by atomic mass is 79.9. The molecule has 0 aliphatic carbocycles. The average molecular weight is 376 g/mol. The number of amides is 1. The number of carbonyl (C=O) groups is 1. The average Bonchev–Trinajstić information content (AvgIpc) is 2.41. The molecule has 0 atom stereocenters. The highest BCUT2D eigenvalue weighted by Crippen LogP contribution is 2.23. The number of hydrogen-bond donors (Lipinski definition) is 1. The van der Waals surface area contributed by atoms with Gasteiger partial charge in [-0.1, -0.05) is 29.3 Å². The molecule has 0 fully saturated rings. The van der Waals surface area contributed by atoms with Crippen molar-refractivity contribution in [3.8, 4) is 5.75 Å². The number of hydrogen-bond acceptors (Lipinski definition) is 3. The molecule has 0 unspecified atom stereocenters. The predicted molar refractivity (Wildman–Crippen MR) is 82.5 cm³/mol. The Morgan fingerprint density at radius 2 is 2.15 bits per heavy atom. The molecule has 0 spiro atoms. The van der Waals surface area contributed by atoms with Crippen molar-refractivity contribution in [2.45, 2.75) is 0 Å². The van der Waals surface area contributed by atoms with Crippen LogP contribution in [0.1, 0.15) is 0 Å². The Morgan fingerprint density at radius 3 is 2.85 bits per heavy atom. The summed E-state index contributed by atoms with van der Waals surface area (Å²) < 4.78 is 5.92. The number of nitrogens with zero attached hydrogens (tertiary/aromatic N) is 1. The van der Waals surface area contributed by atoms with E-state index in [2.05, 4.69) is 26.2 Å². The molecule has 1 aromatic carbocycles. The molecule has 2 rings (SSSR count). The maximum absolute atomic E-state index is 11.7. The maximum atomic E-state index is 11.7. The van der Waals surface area contributed by atoms with Crippen LogP contribution in [0.15, 0.2) is 41.0 Å². The van der Waals surface area contributed by atoms with Crippen molar-refractivity contribution < 1.29 is 9.53 Å². The van der Waals surface area contributed by atoms with E-state index in [1.807, 2.05) is 0 Å². The van der Waals surface area contributed by atoms with Crippen LogP contribution in [0.4, 0.5) is 5.69 Å². The fourth-order valence-electron chi connectivity index (χ4n) is 1.39. The highest BCUT2D eigenvalue weighted by molar-refractivity contribution is 9.10. The lowest BCUT2D eigenvalue weighted by atomic mass is 10.3. The van der Waals surface area contributed by atoms with Gasteiger partial charge in [-0.2, -0.15) is 0 Å². The second kappa shape index (κ2) is 6.92. The van der Waals surface area contributed by atoms with Gasteiger partial charge >= 0.3 is 0 Å². The summed E-state index contributed by atoms with van der Waals surface area (Å²) in [7, 11) is 0. The molecular weight excluding hydrogens is 367 g/mol. The SMILES string of the molecule is O=C(COc1cccc(Cl)c1)Nc1cnc(Cl)c(Br)c1. The summed E-state index contributed by atoms with van der Waals surface area (Å²) in [5.41, 5.74) is 0.529. The monoisotopic (exact) mass is 374 g/mol. The van der Waals surface area contributed by atoms with E-state index >= 15 is 0 Å². The first-order valence-corrected chi connectivity index (χ1v) is 7.09. The number of anilines is 1. The van der Waals surface area contributed by atoms with Crippen LogP contribution in [0, 0.1) is 0 Å². The van der Waals surface area contributed by atoms with Gasteiger partial charge in [-0.05, 0) is 40.2 Å². The number of pyridine rings is 1. The third kappa shape index (κ3) is 4.37. The van der Waals surface area contributed by atoms with E-state index < -0.39 is 0 Å². The summed E-state index contributed by atoms with van der Waals surface area (Å²) in [6.07, 6.45) is 1.46. The second-order valence-electron chi connectivity index (χ2n) is 3.79. The van der Waals surface area contributed by atoms with Gasteiger partial charge in [0.15, 0.2) is 6.61 Å². The number of ether oxygens (including phenoxy) is 1. The molecule has 104 valence electrons. The zero-order valence-corrected chi connectivity index (χ0v) is 13.2. The minimum atomic E-state index is -0.305. The molecule has 1 N–H and O–H groups in total. The zero-order valence-electron chi connectivity index (χ0n) is 10.1. The molecule has 4 nitrogen and oxygen atoms in total. The van der Waals surface area contributed by atoms with Crippen LogP contribution < -0.4 is 10.1 Å². The van der Waals surface area contributed by atoms with Crippen molar-refractivity contribution in [3.05, 3.63) is 51.2 Å². The molecule has 1 heterocycles. The van der Waals surface area contributed by atoms with Crippen molar-refractivity contribution in [2.75, 3.05) is 11.9 Å². The standard InChI is InChI=1S/C13H9BrCl2N2O2/c14-11-5-9(6-17-13(11)16)18-12(19)7-20-10-3-1-2-8(15)4-10/h1-6H,7H2,(H,18,19). The van der Waals surface area contributed by atoms with Gasteiger partial charge in [0.25, 0.3) is 5.91 Å². The Morgan fingerprint density at radius 1 is 1.35 bits per heavy atom. The van der Waals surface area contributed by atoms with Crippen LogP contribution in [-0.2, 0) is 4.79 Å². The Labute approximate surface area is 134 Å². The Bertz CT molecular complexity index is 638. The molecule has 0 bridgehead atoms. The van der Waals surface area contributed by atoms with Crippen LogP contribution in [0.3, 0.4) is 0 Å². The summed E-state index contributed by atoms with van der Waals surface area (Å²) in [5.74, 6) is 0.226. The summed E-state index contributed by atoms with van der Waals surface area (Å²) >= 11 is 14.8. The summed E-state index contributed by atoms with van der Waals surface area (Å²) in [6.45, 7) is -0.124. The molecule has 0 aliphatic rings. The molecule has 0 saturated carbocycles. The Balaban J connectivity index is 1.91. The van der Waals surface area contributed by atoms with Crippen molar-refractivity contribution >= 4 is 50.7 Å². The lowest BCUT2D eigenvalue weighted by Crippen LogP contribution is -2.20. The summed E-state index contributed by atoms with van der Waals surface area (Å²) in [4.78, 5) is 15.6. The fraction of sp³-hybridized carbons (Fsp3) is 0.0769. The molecule has 0 aliphatic heterocycles. The van der Waals surface area contributed by atoms with Crippen LogP contribution in [0.25, 0.3) is 0 Å². The van der Waals surface area contributed by atoms with Gasteiger partial charge in [0, 0.05) is 5.02 Å². The minimum Gasteiger partial charge on any atom is -0.484 e. The molecule has 2 aromatic rings. The number of nitrogens with one attached hydrogen (secondary N) is 1. The van der Waals surface area contributed by atoms with E-state index in [-0.39, 0.29) is 12.5 Å². The van der Waals surface area contributed by atoms with Crippen molar-refractivity contribution in [1.29, 1.82) is 0 Å². The second-order valence-corrected chi connectivity index (χ2v) is 5.44. The van der Waals surface area contributed by atoms with E-state index in [1.54, 1.807) is 30.3 Å². The van der Waals surface area contributed by atoms with E-state index in [1.165, 1.54) is 6.20 Å². The Kier molecular flexibility index (Phi) is 5.23. The van der Waals surface area contributed by atoms with Crippen LogP contribution >= 0.6 is 39.1 Å². The third-order valence-electron chi connectivity index (χ3n) is 2.25. The van der Waals surface area contributed by atoms with Crippen LogP contribution in [-0.4, -0.2) is 17.5 Å². The van der Waals surface area contributed by atoms with E-state index in [9.17, 15) is 4.79 Å². The molecule has 1 aromatic heterocycles. The first-order valence-electron chi connectivity index (χ1n) is 5.54. The topological polar surface area (TPSA) is 51.2 Å². The lowest BCUT2D eigenvalue weighted by Gasteiger charge is -2.08. The Hall–Kier alpha value is -1.30. The van der Waals surface area contributed by atoms with Gasteiger partial charge in [0.1, 0.15) is 10.9 Å². The number of benzene rings is 1. The van der Waals surface area contributed by atoms with Crippen LogP contribution in [0.2, 0.25) is 10.2 Å². The van der Waals surface area contributed by atoms with Gasteiger partial charge in [-0.15, -0.1) is 0 Å². The van der Waals surface area contributed by atoms with Crippen molar-refractivity contribution in [3.63, 3.8) is 0 Å². The number of rotatable bonds is 4. The maximum Gasteiger partial charge on any atom is 0.262 e. The summed E-state index contributed by atoms with van der Waals surface area (Å²) in [6, 6.07) is 8.49. The minimum absolute atomic E-state index is 0.124. The van der Waals surface area contributed by atoms with Gasteiger partial charge in [-0.3, -0.25) is 4.79 Å². The van der Waals surface area contributed by atoms with Crippen molar-refractivity contribution in [2.24, 2.45) is 0 Å². The quantitative estimate of drug-likeness (QED) is 0.816. The highest BCUT2D eigenvalue weighted by Gasteiger charge is 2.06. The molecule has 1 amide bonds. The van der Waals surface area contributed by atoms with E-state index in [0.29, 0.717) is 26.1 Å². The number of aromatic nitrogens is 1. The van der Waals surface area contributed by atoms with Gasteiger partial charge < -0.3 is 10.1 Å². The first kappa shape index (κ1) is 15.1. The summed E-state index contributed by atoms with van der Waals surface area (Å²) in [5, 5.41) is 3.53. The zero-order chi connectivity index (χ0) is 14.5. The molecule has 7 heteroatoms. The van der Waals surface area contributed by atoms with E-state index in [0.717, 1.165) is 0 Å². The number of halogens is 3. The molecule has 20 heavy (non-hydrogen) atoms. The molecule has 0 radical (unpaired) electrons. The fourth-order valence-corrected chi connectivity index (χ4v) is 2.02. The first-order chi connectivity index (χ1) is 9.54. The normalized spacial score (nSPS) is 10.2. The van der Waals surface area contributed by atoms with E-state index in [4.69, 9.17) is 27.9 Å². The van der Waals surface area contributed by atoms with Gasteiger partial charge in [0.2, 0.25) is 0 Å². The lowest BCUT2D eigenvalue weighted by molar-refractivity contribution is -0.118. The van der Waals surface area contributed by atoms with Gasteiger partial charge in [0.05, 0.1) is 16.4 Å². The van der Waals surface area contributed by atoms with Gasteiger partial charge in [-0.25, -0.2) is 4.98 Å².